The Labute approximate surface area is 135 Å². The maximum Gasteiger partial charge on any atom is 0.226 e. The van der Waals surface area contributed by atoms with Gasteiger partial charge in [-0.25, -0.2) is 0 Å². The fourth-order valence-electron chi connectivity index (χ4n) is 3.61. The SMILES string of the molecule is O=C1CCN(C(=O)[C@@H]2C[C@H]2c2cccc3ccccc23)CCN1. The third-order valence-corrected chi connectivity index (χ3v) is 4.95. The molecule has 2 fully saturated rings. The second-order valence-corrected chi connectivity index (χ2v) is 6.44. The average molecular weight is 308 g/mol. The molecule has 23 heavy (non-hydrogen) atoms. The molecular formula is C19H20N2O2. The zero-order valence-corrected chi connectivity index (χ0v) is 13.0. The molecular weight excluding hydrogens is 288 g/mol. The monoisotopic (exact) mass is 308 g/mol. The molecule has 2 aromatic rings. The summed E-state index contributed by atoms with van der Waals surface area (Å²) in [6, 6.07) is 14.7. The number of nitrogens with one attached hydrogen (secondary N) is 1. The van der Waals surface area contributed by atoms with Crippen LogP contribution in [0.15, 0.2) is 42.5 Å². The molecule has 4 nitrogen and oxygen atoms in total. The van der Waals surface area contributed by atoms with Gasteiger partial charge in [0, 0.05) is 32.0 Å². The first kappa shape index (κ1) is 14.2. The highest BCUT2D eigenvalue weighted by molar-refractivity contribution is 5.90. The molecule has 118 valence electrons. The molecule has 1 saturated carbocycles. The van der Waals surface area contributed by atoms with Crippen molar-refractivity contribution in [2.45, 2.75) is 18.8 Å². The van der Waals surface area contributed by atoms with E-state index in [1.54, 1.807) is 0 Å². The van der Waals surface area contributed by atoms with Gasteiger partial charge in [0.2, 0.25) is 11.8 Å². The molecule has 2 atom stereocenters. The van der Waals surface area contributed by atoms with Crippen LogP contribution in [0.2, 0.25) is 0 Å². The number of carbonyl (C=O) groups is 2. The van der Waals surface area contributed by atoms with E-state index in [1.807, 2.05) is 11.0 Å². The average Bonchev–Trinajstić information content (AvgIpc) is 3.38. The molecule has 2 amide bonds. The zero-order valence-electron chi connectivity index (χ0n) is 13.0. The van der Waals surface area contributed by atoms with E-state index in [2.05, 4.69) is 41.7 Å². The lowest BCUT2D eigenvalue weighted by atomic mass is 10.00. The van der Waals surface area contributed by atoms with Gasteiger partial charge in [-0.1, -0.05) is 42.5 Å². The van der Waals surface area contributed by atoms with Crippen molar-refractivity contribution >= 4 is 22.6 Å². The van der Waals surface area contributed by atoms with Gasteiger partial charge >= 0.3 is 0 Å². The molecule has 4 heteroatoms. The molecule has 1 aliphatic heterocycles. The van der Waals surface area contributed by atoms with E-state index in [0.717, 1.165) is 6.42 Å². The van der Waals surface area contributed by atoms with Crippen molar-refractivity contribution in [1.82, 2.24) is 10.2 Å². The molecule has 0 radical (unpaired) electrons. The van der Waals surface area contributed by atoms with Crippen molar-refractivity contribution in [2.24, 2.45) is 5.92 Å². The van der Waals surface area contributed by atoms with E-state index in [4.69, 9.17) is 0 Å². The number of fused-ring (bicyclic) bond motifs is 1. The van der Waals surface area contributed by atoms with E-state index >= 15 is 0 Å². The minimum atomic E-state index is 0.0432. The smallest absolute Gasteiger partial charge is 0.226 e. The van der Waals surface area contributed by atoms with Gasteiger partial charge in [0.05, 0.1) is 0 Å². The molecule has 0 aromatic heterocycles. The Morgan fingerprint density at radius 1 is 1.09 bits per heavy atom. The van der Waals surface area contributed by atoms with E-state index < -0.39 is 0 Å². The van der Waals surface area contributed by atoms with Crippen molar-refractivity contribution in [3.8, 4) is 0 Å². The molecule has 1 saturated heterocycles. The van der Waals surface area contributed by atoms with Crippen LogP contribution in [0.3, 0.4) is 0 Å². The first-order chi connectivity index (χ1) is 11.2. The molecule has 2 aromatic carbocycles. The highest BCUT2D eigenvalue weighted by Gasteiger charge is 2.46. The normalized spacial score (nSPS) is 24.2. The topological polar surface area (TPSA) is 49.4 Å². The number of carbonyl (C=O) groups excluding carboxylic acids is 2. The number of nitrogens with zero attached hydrogens (tertiary/aromatic N) is 1. The van der Waals surface area contributed by atoms with Crippen LogP contribution in [0, 0.1) is 5.92 Å². The number of benzene rings is 2. The standard InChI is InChI=1S/C19H20N2O2/c22-18-8-10-21(11-9-20-18)19(23)17-12-16(17)15-7-3-5-13-4-1-2-6-14(13)15/h1-7,16-17H,8-12H2,(H,20,22)/t16-,17+/m0/s1. The van der Waals surface area contributed by atoms with E-state index in [9.17, 15) is 9.59 Å². The van der Waals surface area contributed by atoms with Gasteiger partial charge in [0.1, 0.15) is 0 Å². The number of hydrogen-bond donors (Lipinski definition) is 1. The Bertz CT molecular complexity index is 766. The van der Waals surface area contributed by atoms with Gasteiger partial charge < -0.3 is 10.2 Å². The van der Waals surface area contributed by atoms with Gasteiger partial charge in [-0.05, 0) is 28.7 Å². The van der Waals surface area contributed by atoms with Gasteiger partial charge in [0.25, 0.3) is 0 Å². The first-order valence-electron chi connectivity index (χ1n) is 8.27. The first-order valence-corrected chi connectivity index (χ1v) is 8.27. The number of hydrogen-bond acceptors (Lipinski definition) is 2. The maximum absolute atomic E-state index is 12.7. The summed E-state index contributed by atoms with van der Waals surface area (Å²) in [5.41, 5.74) is 1.28. The quantitative estimate of drug-likeness (QED) is 0.925. The van der Waals surface area contributed by atoms with Crippen LogP contribution in [-0.4, -0.2) is 36.3 Å². The van der Waals surface area contributed by atoms with Gasteiger partial charge in [-0.15, -0.1) is 0 Å². The lowest BCUT2D eigenvalue weighted by molar-refractivity contribution is -0.132. The summed E-state index contributed by atoms with van der Waals surface area (Å²) in [6.07, 6.45) is 1.34. The Kier molecular flexibility index (Phi) is 3.52. The highest BCUT2D eigenvalue weighted by atomic mass is 16.2. The molecule has 1 aliphatic carbocycles. The Hall–Kier alpha value is -2.36. The van der Waals surface area contributed by atoms with E-state index in [-0.39, 0.29) is 17.7 Å². The second kappa shape index (κ2) is 5.69. The van der Waals surface area contributed by atoms with E-state index in [0.29, 0.717) is 32.0 Å². The summed E-state index contributed by atoms with van der Waals surface area (Å²) < 4.78 is 0. The van der Waals surface area contributed by atoms with Crippen LogP contribution in [0.5, 0.6) is 0 Å². The van der Waals surface area contributed by atoms with Crippen molar-refractivity contribution < 1.29 is 9.59 Å². The summed E-state index contributed by atoms with van der Waals surface area (Å²) in [5.74, 6) is 0.649. The van der Waals surface area contributed by atoms with Crippen LogP contribution in [0.4, 0.5) is 0 Å². The third kappa shape index (κ3) is 2.69. The predicted octanol–water partition coefficient (Wildman–Crippen LogP) is 2.29. The molecule has 0 bridgehead atoms. The summed E-state index contributed by atoms with van der Waals surface area (Å²) in [6.45, 7) is 1.74. The second-order valence-electron chi connectivity index (χ2n) is 6.44. The largest absolute Gasteiger partial charge is 0.354 e. The lowest BCUT2D eigenvalue weighted by Gasteiger charge is -2.19. The minimum Gasteiger partial charge on any atom is -0.354 e. The Morgan fingerprint density at radius 2 is 1.91 bits per heavy atom. The number of rotatable bonds is 2. The van der Waals surface area contributed by atoms with Crippen molar-refractivity contribution in [2.75, 3.05) is 19.6 Å². The zero-order chi connectivity index (χ0) is 15.8. The molecule has 1 heterocycles. The summed E-state index contributed by atoms with van der Waals surface area (Å²) >= 11 is 0. The predicted molar refractivity (Wildman–Crippen MR) is 89.0 cm³/mol. The van der Waals surface area contributed by atoms with E-state index in [1.165, 1.54) is 16.3 Å². The van der Waals surface area contributed by atoms with Crippen LogP contribution in [0.25, 0.3) is 10.8 Å². The highest BCUT2D eigenvalue weighted by Crippen LogP contribution is 2.50. The van der Waals surface area contributed by atoms with Gasteiger partial charge in [-0.2, -0.15) is 0 Å². The summed E-state index contributed by atoms with van der Waals surface area (Å²) in [4.78, 5) is 26.0. The van der Waals surface area contributed by atoms with Gasteiger partial charge in [-0.3, -0.25) is 9.59 Å². The van der Waals surface area contributed by atoms with Crippen LogP contribution in [-0.2, 0) is 9.59 Å². The van der Waals surface area contributed by atoms with Crippen molar-refractivity contribution in [1.29, 1.82) is 0 Å². The van der Waals surface area contributed by atoms with Gasteiger partial charge in [0.15, 0.2) is 0 Å². The lowest BCUT2D eigenvalue weighted by Crippen LogP contribution is -2.35. The molecule has 2 aliphatic rings. The summed E-state index contributed by atoms with van der Waals surface area (Å²) in [5, 5.41) is 5.31. The molecule has 1 N–H and O–H groups in total. The number of amides is 2. The van der Waals surface area contributed by atoms with Crippen LogP contribution >= 0.6 is 0 Å². The molecule has 0 spiro atoms. The molecule has 4 rings (SSSR count). The Balaban J connectivity index is 1.53. The van der Waals surface area contributed by atoms with Crippen molar-refractivity contribution in [3.05, 3.63) is 48.0 Å². The molecule has 0 unspecified atom stereocenters. The third-order valence-electron chi connectivity index (χ3n) is 4.95. The minimum absolute atomic E-state index is 0.0432. The maximum atomic E-state index is 12.7. The van der Waals surface area contributed by atoms with Crippen molar-refractivity contribution in [3.63, 3.8) is 0 Å². The fraction of sp³-hybridized carbons (Fsp3) is 0.368. The van der Waals surface area contributed by atoms with Crippen LogP contribution in [0.1, 0.15) is 24.3 Å². The fourth-order valence-corrected chi connectivity index (χ4v) is 3.61. The Morgan fingerprint density at radius 3 is 2.83 bits per heavy atom. The van der Waals surface area contributed by atoms with Crippen LogP contribution < -0.4 is 5.32 Å². The summed E-state index contributed by atoms with van der Waals surface area (Å²) in [7, 11) is 0.